The third-order valence-corrected chi connectivity index (χ3v) is 3.57. The van der Waals surface area contributed by atoms with Crippen LogP contribution in [0.4, 0.5) is 10.1 Å². The van der Waals surface area contributed by atoms with Gasteiger partial charge < -0.3 is 10.4 Å². The maximum Gasteiger partial charge on any atom is 0.319 e. The van der Waals surface area contributed by atoms with Crippen LogP contribution in [0.3, 0.4) is 0 Å². The van der Waals surface area contributed by atoms with Crippen LogP contribution in [0.2, 0.25) is 0 Å². The smallest absolute Gasteiger partial charge is 0.319 e. The second-order valence-corrected chi connectivity index (χ2v) is 4.61. The molecule has 2 N–H and O–H groups in total. The molecule has 18 heavy (non-hydrogen) atoms. The molecular weight excluding hydrogens is 237 g/mol. The Bertz CT molecular complexity index is 509. The normalized spacial score (nSPS) is 16.8. The average molecular weight is 251 g/mol. The first-order chi connectivity index (χ1) is 8.47. The van der Waals surface area contributed by atoms with Crippen molar-refractivity contribution >= 4 is 17.6 Å². The Kier molecular flexibility index (Phi) is 3.07. The van der Waals surface area contributed by atoms with Crippen LogP contribution in [0.5, 0.6) is 0 Å². The molecule has 4 nitrogen and oxygen atoms in total. The van der Waals surface area contributed by atoms with E-state index in [2.05, 4.69) is 5.32 Å². The molecule has 1 aliphatic rings. The van der Waals surface area contributed by atoms with E-state index in [4.69, 9.17) is 5.11 Å². The van der Waals surface area contributed by atoms with Crippen LogP contribution in [-0.4, -0.2) is 17.0 Å². The fraction of sp³-hybridized carbons (Fsp3) is 0.385. The van der Waals surface area contributed by atoms with Gasteiger partial charge in [0.2, 0.25) is 5.91 Å². The van der Waals surface area contributed by atoms with E-state index < -0.39 is 23.1 Å². The third-order valence-electron chi connectivity index (χ3n) is 3.57. The van der Waals surface area contributed by atoms with Crippen molar-refractivity contribution in [3.05, 3.63) is 29.6 Å². The van der Waals surface area contributed by atoms with Crippen LogP contribution < -0.4 is 5.32 Å². The first kappa shape index (κ1) is 12.5. The van der Waals surface area contributed by atoms with Crippen molar-refractivity contribution < 1.29 is 19.1 Å². The van der Waals surface area contributed by atoms with Crippen LogP contribution in [0, 0.1) is 18.2 Å². The Morgan fingerprint density at radius 3 is 2.56 bits per heavy atom. The first-order valence-electron chi connectivity index (χ1n) is 5.77. The van der Waals surface area contributed by atoms with Gasteiger partial charge in [-0.15, -0.1) is 0 Å². The number of amides is 1. The van der Waals surface area contributed by atoms with Gasteiger partial charge in [-0.05, 0) is 31.9 Å². The van der Waals surface area contributed by atoms with Gasteiger partial charge >= 0.3 is 5.97 Å². The number of carbonyl (C=O) groups excluding carboxylic acids is 1. The second kappa shape index (κ2) is 4.40. The van der Waals surface area contributed by atoms with Crippen molar-refractivity contribution in [3.63, 3.8) is 0 Å². The lowest BCUT2D eigenvalue weighted by Crippen LogP contribution is -2.48. The van der Waals surface area contributed by atoms with Gasteiger partial charge in [-0.2, -0.15) is 0 Å². The number of rotatable bonds is 3. The molecule has 0 bridgehead atoms. The second-order valence-electron chi connectivity index (χ2n) is 4.61. The van der Waals surface area contributed by atoms with Crippen molar-refractivity contribution in [1.82, 2.24) is 0 Å². The first-order valence-corrected chi connectivity index (χ1v) is 5.77. The number of halogens is 1. The zero-order valence-electron chi connectivity index (χ0n) is 10.00. The molecule has 1 aromatic carbocycles. The van der Waals surface area contributed by atoms with E-state index in [1.54, 1.807) is 13.0 Å². The summed E-state index contributed by atoms with van der Waals surface area (Å²) in [7, 11) is 0. The molecule has 2 rings (SSSR count). The van der Waals surface area contributed by atoms with Crippen molar-refractivity contribution in [3.8, 4) is 0 Å². The largest absolute Gasteiger partial charge is 0.480 e. The molecule has 0 heterocycles. The van der Waals surface area contributed by atoms with Crippen molar-refractivity contribution in [1.29, 1.82) is 0 Å². The quantitative estimate of drug-likeness (QED) is 0.810. The monoisotopic (exact) mass is 251 g/mol. The maximum atomic E-state index is 13.3. The highest BCUT2D eigenvalue weighted by molar-refractivity contribution is 6.09. The van der Waals surface area contributed by atoms with Crippen LogP contribution in [-0.2, 0) is 9.59 Å². The maximum absolute atomic E-state index is 13.3. The summed E-state index contributed by atoms with van der Waals surface area (Å²) >= 11 is 0. The summed E-state index contributed by atoms with van der Waals surface area (Å²) in [6.07, 6.45) is 1.40. The van der Waals surface area contributed by atoms with E-state index in [9.17, 15) is 14.0 Å². The van der Waals surface area contributed by atoms with Gasteiger partial charge in [-0.3, -0.25) is 9.59 Å². The standard InChI is InChI=1S/C13H14FNO3/c1-8-9(14)4-2-5-10(8)15-11(16)13(12(17)18)6-3-7-13/h2,4-5H,3,6-7H2,1H3,(H,15,16)(H,17,18). The summed E-state index contributed by atoms with van der Waals surface area (Å²) in [4.78, 5) is 23.2. The van der Waals surface area contributed by atoms with E-state index in [0.717, 1.165) is 6.42 Å². The van der Waals surface area contributed by atoms with Crippen LogP contribution in [0.25, 0.3) is 0 Å². The van der Waals surface area contributed by atoms with Gasteiger partial charge in [0.1, 0.15) is 11.2 Å². The van der Waals surface area contributed by atoms with E-state index in [1.807, 2.05) is 0 Å². The number of carbonyl (C=O) groups is 2. The number of nitrogens with one attached hydrogen (secondary N) is 1. The summed E-state index contributed by atoms with van der Waals surface area (Å²) in [5.41, 5.74) is -0.697. The lowest BCUT2D eigenvalue weighted by atomic mass is 9.68. The molecular formula is C13H14FNO3. The molecule has 1 fully saturated rings. The number of aliphatic carboxylic acids is 1. The molecule has 0 radical (unpaired) electrons. The Balaban J connectivity index is 2.21. The number of carboxylic acids is 1. The lowest BCUT2D eigenvalue weighted by Gasteiger charge is -2.35. The molecule has 1 aliphatic carbocycles. The number of carboxylic acid groups (broad SMARTS) is 1. The minimum atomic E-state index is -1.33. The minimum Gasteiger partial charge on any atom is -0.480 e. The van der Waals surface area contributed by atoms with E-state index in [-0.39, 0.29) is 0 Å². The van der Waals surface area contributed by atoms with Crippen LogP contribution in [0.1, 0.15) is 24.8 Å². The van der Waals surface area contributed by atoms with Crippen molar-refractivity contribution in [2.45, 2.75) is 26.2 Å². The fourth-order valence-electron chi connectivity index (χ4n) is 2.05. The van der Waals surface area contributed by atoms with Crippen LogP contribution in [0.15, 0.2) is 18.2 Å². The SMILES string of the molecule is Cc1c(F)cccc1NC(=O)C1(C(=O)O)CCC1. The molecule has 96 valence electrons. The number of hydrogen-bond donors (Lipinski definition) is 2. The zero-order chi connectivity index (χ0) is 13.3. The molecule has 1 aromatic rings. The molecule has 1 saturated carbocycles. The molecule has 0 spiro atoms. The number of hydrogen-bond acceptors (Lipinski definition) is 2. The summed E-state index contributed by atoms with van der Waals surface area (Å²) in [5, 5.41) is 11.6. The minimum absolute atomic E-state index is 0.311. The Labute approximate surface area is 104 Å². The third kappa shape index (κ3) is 1.85. The number of anilines is 1. The molecule has 5 heteroatoms. The molecule has 0 atom stereocenters. The highest BCUT2D eigenvalue weighted by Gasteiger charge is 2.51. The Hall–Kier alpha value is -1.91. The summed E-state index contributed by atoms with van der Waals surface area (Å²) < 4.78 is 13.3. The predicted octanol–water partition coefficient (Wildman–Crippen LogP) is 2.33. The Morgan fingerprint density at radius 1 is 1.39 bits per heavy atom. The fourth-order valence-corrected chi connectivity index (χ4v) is 2.05. The average Bonchev–Trinajstić information content (AvgIpc) is 2.22. The molecule has 0 saturated heterocycles. The van der Waals surface area contributed by atoms with Gasteiger partial charge in [0.05, 0.1) is 0 Å². The topological polar surface area (TPSA) is 66.4 Å². The van der Waals surface area contributed by atoms with Gasteiger partial charge in [-0.1, -0.05) is 12.5 Å². The van der Waals surface area contributed by atoms with Gasteiger partial charge in [0, 0.05) is 11.3 Å². The van der Waals surface area contributed by atoms with Gasteiger partial charge in [0.25, 0.3) is 0 Å². The Morgan fingerprint density at radius 2 is 2.06 bits per heavy atom. The van der Waals surface area contributed by atoms with Crippen molar-refractivity contribution in [2.75, 3.05) is 5.32 Å². The highest BCUT2D eigenvalue weighted by Crippen LogP contribution is 2.42. The zero-order valence-corrected chi connectivity index (χ0v) is 10.00. The summed E-state index contributed by atoms with van der Waals surface area (Å²) in [5.74, 6) is -2.10. The van der Waals surface area contributed by atoms with Gasteiger partial charge in [0.15, 0.2) is 0 Å². The van der Waals surface area contributed by atoms with Gasteiger partial charge in [-0.25, -0.2) is 4.39 Å². The molecule has 0 unspecified atom stereocenters. The summed E-state index contributed by atoms with van der Waals surface area (Å²) in [6, 6.07) is 4.33. The van der Waals surface area contributed by atoms with E-state index in [1.165, 1.54) is 12.1 Å². The van der Waals surface area contributed by atoms with E-state index in [0.29, 0.717) is 24.1 Å². The molecule has 0 aliphatic heterocycles. The van der Waals surface area contributed by atoms with E-state index >= 15 is 0 Å². The summed E-state index contributed by atoms with van der Waals surface area (Å²) in [6.45, 7) is 1.54. The molecule has 1 amide bonds. The van der Waals surface area contributed by atoms with Crippen LogP contribution >= 0.6 is 0 Å². The van der Waals surface area contributed by atoms with Crippen molar-refractivity contribution in [2.24, 2.45) is 5.41 Å². The number of benzene rings is 1. The lowest BCUT2D eigenvalue weighted by molar-refractivity contribution is -0.159. The predicted molar refractivity (Wildman–Crippen MR) is 63.7 cm³/mol. The highest BCUT2D eigenvalue weighted by atomic mass is 19.1. The molecule has 0 aromatic heterocycles.